The Bertz CT molecular complexity index is 573. The zero-order valence-corrected chi connectivity index (χ0v) is 10.9. The molecule has 1 heterocycles. The van der Waals surface area contributed by atoms with E-state index in [-0.39, 0.29) is 5.82 Å². The topological polar surface area (TPSA) is 33.1 Å². The molecule has 0 bridgehead atoms. The highest BCUT2D eigenvalue weighted by molar-refractivity contribution is 7.15. The highest BCUT2D eigenvalue weighted by Crippen LogP contribution is 2.38. The first-order valence-corrected chi connectivity index (χ1v) is 6.90. The molecule has 1 aliphatic rings. The second-order valence-corrected chi connectivity index (χ2v) is 5.79. The predicted molar refractivity (Wildman–Crippen MR) is 70.1 cm³/mol. The lowest BCUT2D eigenvalue weighted by Gasteiger charge is -2.14. The molecule has 1 N–H and O–H groups in total. The minimum absolute atomic E-state index is 0.237. The van der Waals surface area contributed by atoms with E-state index in [9.17, 15) is 9.50 Å². The third-order valence-electron chi connectivity index (χ3n) is 3.21. The molecule has 1 atom stereocenters. The van der Waals surface area contributed by atoms with Gasteiger partial charge in [0.2, 0.25) is 0 Å². The molecule has 0 saturated carbocycles. The van der Waals surface area contributed by atoms with Gasteiger partial charge in [-0.15, -0.1) is 11.3 Å². The van der Waals surface area contributed by atoms with Crippen molar-refractivity contribution in [3.8, 4) is 10.6 Å². The van der Waals surface area contributed by atoms with Gasteiger partial charge in [0.05, 0.1) is 16.7 Å². The number of aliphatic hydroxyl groups excluding tert-OH is 1. The molecule has 0 aliphatic heterocycles. The molecule has 2 nitrogen and oxygen atoms in total. The molecular formula is C14H14FNOS. The number of aromatic nitrogens is 1. The van der Waals surface area contributed by atoms with Gasteiger partial charge in [-0.2, -0.15) is 0 Å². The minimum Gasteiger partial charge on any atom is -0.388 e. The number of thiazole rings is 1. The van der Waals surface area contributed by atoms with Crippen LogP contribution in [0.5, 0.6) is 0 Å². The average Bonchev–Trinajstić information content (AvgIpc) is 2.73. The Morgan fingerprint density at radius 3 is 2.94 bits per heavy atom. The van der Waals surface area contributed by atoms with Crippen molar-refractivity contribution in [2.24, 2.45) is 0 Å². The summed E-state index contributed by atoms with van der Waals surface area (Å²) >= 11 is 1.49. The van der Waals surface area contributed by atoms with Gasteiger partial charge < -0.3 is 5.11 Å². The van der Waals surface area contributed by atoms with Crippen molar-refractivity contribution in [3.63, 3.8) is 0 Å². The summed E-state index contributed by atoms with van der Waals surface area (Å²) in [5, 5.41) is 10.7. The molecule has 4 heteroatoms. The van der Waals surface area contributed by atoms with E-state index < -0.39 is 6.10 Å². The standard InChI is InChI=1S/C14H14FNOS/c1-8-5-9(7-10(15)6-8)14-16-11-3-2-4-12(17)13(11)18-14/h5-7,12,17H,2-4H2,1H3. The third kappa shape index (κ3) is 2.06. The van der Waals surface area contributed by atoms with Crippen LogP contribution in [0, 0.1) is 12.7 Å². The summed E-state index contributed by atoms with van der Waals surface area (Å²) in [5.41, 5.74) is 2.67. The Hall–Kier alpha value is -1.26. The first-order chi connectivity index (χ1) is 8.63. The lowest BCUT2D eigenvalue weighted by atomic mass is 10.0. The molecule has 94 valence electrons. The fraction of sp³-hybridized carbons (Fsp3) is 0.357. The van der Waals surface area contributed by atoms with Gasteiger partial charge in [0.1, 0.15) is 10.8 Å². The van der Waals surface area contributed by atoms with Crippen LogP contribution in [0.4, 0.5) is 4.39 Å². The van der Waals surface area contributed by atoms with Crippen molar-refractivity contribution in [1.29, 1.82) is 0 Å². The number of fused-ring (bicyclic) bond motifs is 1. The van der Waals surface area contributed by atoms with Crippen LogP contribution >= 0.6 is 11.3 Å². The second kappa shape index (κ2) is 4.44. The van der Waals surface area contributed by atoms with Gasteiger partial charge in [0.15, 0.2) is 0 Å². The zero-order valence-electron chi connectivity index (χ0n) is 10.1. The van der Waals surface area contributed by atoms with Crippen LogP contribution in [0.25, 0.3) is 10.6 Å². The van der Waals surface area contributed by atoms with Crippen LogP contribution in [0.15, 0.2) is 18.2 Å². The number of nitrogens with zero attached hydrogens (tertiary/aromatic N) is 1. The van der Waals surface area contributed by atoms with Gasteiger partial charge in [0.25, 0.3) is 0 Å². The van der Waals surface area contributed by atoms with E-state index in [0.29, 0.717) is 0 Å². The number of hydrogen-bond acceptors (Lipinski definition) is 3. The molecule has 0 radical (unpaired) electrons. The van der Waals surface area contributed by atoms with Crippen LogP contribution in [0.1, 0.15) is 35.1 Å². The van der Waals surface area contributed by atoms with E-state index in [2.05, 4.69) is 4.98 Å². The Labute approximate surface area is 109 Å². The normalized spacial score (nSPS) is 18.7. The van der Waals surface area contributed by atoms with E-state index in [1.807, 2.05) is 13.0 Å². The average molecular weight is 263 g/mol. The van der Waals surface area contributed by atoms with Gasteiger partial charge >= 0.3 is 0 Å². The van der Waals surface area contributed by atoms with Crippen LogP contribution in [-0.4, -0.2) is 10.1 Å². The Morgan fingerprint density at radius 1 is 1.39 bits per heavy atom. The molecule has 1 aromatic carbocycles. The molecule has 1 unspecified atom stereocenters. The van der Waals surface area contributed by atoms with E-state index >= 15 is 0 Å². The molecule has 2 aromatic rings. The van der Waals surface area contributed by atoms with E-state index in [0.717, 1.165) is 46.0 Å². The Morgan fingerprint density at radius 2 is 2.22 bits per heavy atom. The SMILES string of the molecule is Cc1cc(F)cc(-c2nc3c(s2)C(O)CCC3)c1. The van der Waals surface area contributed by atoms with Crippen molar-refractivity contribution >= 4 is 11.3 Å². The maximum atomic E-state index is 13.4. The van der Waals surface area contributed by atoms with Crippen LogP contribution in [0.3, 0.4) is 0 Å². The summed E-state index contributed by atoms with van der Waals surface area (Å²) in [6.07, 6.45) is 2.29. The van der Waals surface area contributed by atoms with Crippen molar-refractivity contribution in [1.82, 2.24) is 4.98 Å². The second-order valence-electron chi connectivity index (χ2n) is 4.76. The molecule has 1 aromatic heterocycles. The Kier molecular flexibility index (Phi) is 2.92. The van der Waals surface area contributed by atoms with Gasteiger partial charge in [-0.05, 0) is 49.9 Å². The molecule has 3 rings (SSSR count). The van der Waals surface area contributed by atoms with Gasteiger partial charge in [0, 0.05) is 5.56 Å². The molecule has 18 heavy (non-hydrogen) atoms. The summed E-state index contributed by atoms with van der Waals surface area (Å²) < 4.78 is 13.4. The maximum absolute atomic E-state index is 13.4. The minimum atomic E-state index is -0.394. The highest BCUT2D eigenvalue weighted by Gasteiger charge is 2.23. The zero-order chi connectivity index (χ0) is 12.7. The predicted octanol–water partition coefficient (Wildman–Crippen LogP) is 3.63. The van der Waals surface area contributed by atoms with Gasteiger partial charge in [-0.3, -0.25) is 0 Å². The maximum Gasteiger partial charge on any atom is 0.124 e. The number of benzene rings is 1. The largest absolute Gasteiger partial charge is 0.388 e. The van der Waals surface area contributed by atoms with Crippen LogP contribution < -0.4 is 0 Å². The summed E-state index contributed by atoms with van der Waals surface area (Å²) in [5.74, 6) is -0.237. The summed E-state index contributed by atoms with van der Waals surface area (Å²) in [6.45, 7) is 1.87. The summed E-state index contributed by atoms with van der Waals surface area (Å²) in [7, 11) is 0. The smallest absolute Gasteiger partial charge is 0.124 e. The van der Waals surface area contributed by atoms with Gasteiger partial charge in [-0.25, -0.2) is 9.37 Å². The van der Waals surface area contributed by atoms with Crippen LogP contribution in [0.2, 0.25) is 0 Å². The number of halogens is 1. The first-order valence-electron chi connectivity index (χ1n) is 6.09. The molecule has 1 aliphatic carbocycles. The molecule has 0 amide bonds. The van der Waals surface area contributed by atoms with Crippen molar-refractivity contribution in [3.05, 3.63) is 40.2 Å². The first kappa shape index (κ1) is 11.8. The highest BCUT2D eigenvalue weighted by atomic mass is 32.1. The quantitative estimate of drug-likeness (QED) is 0.852. The lowest BCUT2D eigenvalue weighted by Crippen LogP contribution is -2.06. The molecule has 0 saturated heterocycles. The summed E-state index contributed by atoms with van der Waals surface area (Å²) in [4.78, 5) is 5.50. The van der Waals surface area contributed by atoms with E-state index in [4.69, 9.17) is 0 Å². The van der Waals surface area contributed by atoms with E-state index in [1.165, 1.54) is 23.5 Å². The van der Waals surface area contributed by atoms with Gasteiger partial charge in [-0.1, -0.05) is 0 Å². The summed E-state index contributed by atoms with van der Waals surface area (Å²) in [6, 6.07) is 4.94. The van der Waals surface area contributed by atoms with Crippen molar-refractivity contribution in [2.75, 3.05) is 0 Å². The fourth-order valence-electron chi connectivity index (χ4n) is 2.38. The number of aliphatic hydroxyl groups is 1. The number of hydrogen-bond donors (Lipinski definition) is 1. The lowest BCUT2D eigenvalue weighted by molar-refractivity contribution is 0.160. The number of rotatable bonds is 1. The molecular weight excluding hydrogens is 249 g/mol. The number of aryl methyl sites for hydroxylation is 2. The third-order valence-corrected chi connectivity index (χ3v) is 4.46. The Balaban J connectivity index is 2.07. The fourth-order valence-corrected chi connectivity index (χ4v) is 3.50. The van der Waals surface area contributed by atoms with E-state index in [1.54, 1.807) is 0 Å². The van der Waals surface area contributed by atoms with Crippen LogP contribution in [-0.2, 0) is 6.42 Å². The monoisotopic (exact) mass is 263 g/mol. The van der Waals surface area contributed by atoms with Crippen molar-refractivity contribution in [2.45, 2.75) is 32.3 Å². The molecule has 0 spiro atoms. The molecule has 0 fully saturated rings. The van der Waals surface area contributed by atoms with Crippen molar-refractivity contribution < 1.29 is 9.50 Å².